The van der Waals surface area contributed by atoms with Gasteiger partial charge in [-0.2, -0.15) is 0 Å². The van der Waals surface area contributed by atoms with Crippen molar-refractivity contribution in [1.29, 1.82) is 0 Å². The Labute approximate surface area is 204 Å². The third-order valence-corrected chi connectivity index (χ3v) is 6.64. The van der Waals surface area contributed by atoms with Gasteiger partial charge in [-0.1, -0.05) is 44.2 Å². The van der Waals surface area contributed by atoms with E-state index in [0.29, 0.717) is 21.3 Å². The van der Waals surface area contributed by atoms with Gasteiger partial charge in [-0.15, -0.1) is 11.3 Å². The number of fused-ring (bicyclic) bond motifs is 1. The van der Waals surface area contributed by atoms with Crippen molar-refractivity contribution in [2.75, 3.05) is 0 Å². The van der Waals surface area contributed by atoms with Crippen LogP contribution < -0.4 is 22.1 Å². The van der Waals surface area contributed by atoms with Gasteiger partial charge in [-0.25, -0.2) is 14.8 Å². The number of rotatable bonds is 5. The minimum absolute atomic E-state index is 0.00783. The molecule has 10 nitrogen and oxygen atoms in total. The number of benzene rings is 1. The summed E-state index contributed by atoms with van der Waals surface area (Å²) in [6.45, 7) is 7.48. The second-order valence-electron chi connectivity index (χ2n) is 8.16. The van der Waals surface area contributed by atoms with E-state index in [1.807, 2.05) is 44.2 Å². The number of aryl methyl sites for hydroxylation is 2. The standard InChI is InChI=1S/C24H24N6O4S/c1-5-30-19-17(21(32)27-24(30)34)15(11-16(26-19)12(2)3)20(31)28-29-22(33)18-13(4)25-23(35-18)14-9-7-6-8-10-14/h6-12H,5H2,1-4H3,(H,28,31)(H,29,33)(H,27,32,34). The highest BCUT2D eigenvalue weighted by Crippen LogP contribution is 2.27. The Kier molecular flexibility index (Phi) is 6.61. The van der Waals surface area contributed by atoms with Crippen molar-refractivity contribution in [3.8, 4) is 10.6 Å². The molecule has 4 aromatic rings. The second-order valence-corrected chi connectivity index (χ2v) is 9.16. The second kappa shape index (κ2) is 9.63. The van der Waals surface area contributed by atoms with E-state index < -0.39 is 23.1 Å². The molecule has 0 fully saturated rings. The van der Waals surface area contributed by atoms with E-state index in [-0.39, 0.29) is 29.1 Å². The number of amides is 2. The fraction of sp³-hybridized carbons (Fsp3) is 0.250. The highest BCUT2D eigenvalue weighted by Gasteiger charge is 2.22. The Bertz CT molecular complexity index is 1550. The molecule has 4 rings (SSSR count). The summed E-state index contributed by atoms with van der Waals surface area (Å²) in [4.78, 5) is 62.3. The Morgan fingerprint density at radius 1 is 1.09 bits per heavy atom. The highest BCUT2D eigenvalue weighted by molar-refractivity contribution is 7.17. The highest BCUT2D eigenvalue weighted by atomic mass is 32.1. The molecule has 0 bridgehead atoms. The summed E-state index contributed by atoms with van der Waals surface area (Å²) < 4.78 is 1.30. The fourth-order valence-electron chi connectivity index (χ4n) is 3.61. The number of nitrogens with one attached hydrogen (secondary N) is 3. The first-order valence-corrected chi connectivity index (χ1v) is 11.8. The molecule has 3 aromatic heterocycles. The normalized spacial score (nSPS) is 11.1. The maximum atomic E-state index is 13.1. The lowest BCUT2D eigenvalue weighted by Crippen LogP contribution is -2.42. The average molecular weight is 493 g/mol. The van der Waals surface area contributed by atoms with Crippen molar-refractivity contribution in [3.05, 3.63) is 79.1 Å². The maximum absolute atomic E-state index is 13.1. The summed E-state index contributed by atoms with van der Waals surface area (Å²) in [6.07, 6.45) is 0. The van der Waals surface area contributed by atoms with Crippen LogP contribution in [0, 0.1) is 6.92 Å². The zero-order valence-electron chi connectivity index (χ0n) is 19.6. The van der Waals surface area contributed by atoms with Gasteiger partial charge in [0.25, 0.3) is 17.4 Å². The largest absolute Gasteiger partial charge is 0.329 e. The van der Waals surface area contributed by atoms with Crippen LogP contribution in [-0.2, 0) is 6.54 Å². The Morgan fingerprint density at radius 2 is 1.77 bits per heavy atom. The third-order valence-electron chi connectivity index (χ3n) is 5.43. The number of aromatic nitrogens is 4. The number of hydrogen-bond acceptors (Lipinski definition) is 7. The first kappa shape index (κ1) is 24.0. The van der Waals surface area contributed by atoms with Crippen molar-refractivity contribution < 1.29 is 9.59 Å². The third kappa shape index (κ3) is 4.62. The molecule has 0 saturated carbocycles. The van der Waals surface area contributed by atoms with Crippen LogP contribution in [-0.4, -0.2) is 31.3 Å². The molecule has 0 atom stereocenters. The van der Waals surface area contributed by atoms with Crippen LogP contribution in [0.5, 0.6) is 0 Å². The average Bonchev–Trinajstić information content (AvgIpc) is 3.24. The molecule has 11 heteroatoms. The molecule has 0 aliphatic carbocycles. The van der Waals surface area contributed by atoms with Crippen LogP contribution in [0.1, 0.15) is 58.1 Å². The van der Waals surface area contributed by atoms with Crippen LogP contribution in [0.15, 0.2) is 46.0 Å². The molecule has 180 valence electrons. The van der Waals surface area contributed by atoms with E-state index in [0.717, 1.165) is 5.56 Å². The summed E-state index contributed by atoms with van der Waals surface area (Å²) in [5, 5.41) is 0.660. The number of aromatic amines is 1. The zero-order chi connectivity index (χ0) is 25.3. The molecule has 0 spiro atoms. The van der Waals surface area contributed by atoms with E-state index in [1.165, 1.54) is 22.0 Å². The summed E-state index contributed by atoms with van der Waals surface area (Å²) in [5.74, 6) is -1.31. The van der Waals surface area contributed by atoms with Crippen LogP contribution in [0.4, 0.5) is 0 Å². The van der Waals surface area contributed by atoms with Crippen molar-refractivity contribution in [1.82, 2.24) is 30.4 Å². The SMILES string of the molecule is CCn1c(=O)[nH]c(=O)c2c(C(=O)NNC(=O)c3sc(-c4ccccc4)nc3C)cc(C(C)C)nc21. The molecule has 0 aliphatic rings. The zero-order valence-corrected chi connectivity index (χ0v) is 20.4. The molecule has 1 aromatic carbocycles. The molecule has 0 aliphatic heterocycles. The minimum Gasteiger partial charge on any atom is -0.278 e. The quantitative estimate of drug-likeness (QED) is 0.366. The van der Waals surface area contributed by atoms with Crippen LogP contribution in [0.25, 0.3) is 21.6 Å². The van der Waals surface area contributed by atoms with Gasteiger partial charge in [0.15, 0.2) is 5.65 Å². The number of hydrazine groups is 1. The molecule has 0 radical (unpaired) electrons. The lowest BCUT2D eigenvalue weighted by molar-refractivity contribution is 0.0849. The lowest BCUT2D eigenvalue weighted by Gasteiger charge is -2.14. The van der Waals surface area contributed by atoms with E-state index in [1.54, 1.807) is 13.8 Å². The maximum Gasteiger partial charge on any atom is 0.329 e. The van der Waals surface area contributed by atoms with Crippen LogP contribution in [0.2, 0.25) is 0 Å². The van der Waals surface area contributed by atoms with Gasteiger partial charge in [-0.05, 0) is 25.8 Å². The van der Waals surface area contributed by atoms with Gasteiger partial charge in [-0.3, -0.25) is 34.8 Å². The number of thiazole rings is 1. The van der Waals surface area contributed by atoms with Gasteiger partial charge in [0.2, 0.25) is 0 Å². The van der Waals surface area contributed by atoms with Crippen molar-refractivity contribution >= 4 is 34.2 Å². The van der Waals surface area contributed by atoms with E-state index in [2.05, 4.69) is 25.8 Å². The van der Waals surface area contributed by atoms with E-state index in [9.17, 15) is 19.2 Å². The lowest BCUT2D eigenvalue weighted by atomic mass is 10.0. The minimum atomic E-state index is -0.722. The van der Waals surface area contributed by atoms with Crippen LogP contribution >= 0.6 is 11.3 Å². The number of pyridine rings is 1. The Balaban J connectivity index is 1.66. The van der Waals surface area contributed by atoms with Gasteiger partial charge in [0.1, 0.15) is 9.88 Å². The first-order chi connectivity index (χ1) is 16.7. The number of carbonyl (C=O) groups is 2. The predicted molar refractivity (Wildman–Crippen MR) is 134 cm³/mol. The molecule has 35 heavy (non-hydrogen) atoms. The van der Waals surface area contributed by atoms with Gasteiger partial charge >= 0.3 is 5.69 Å². The Hall–Kier alpha value is -4.12. The van der Waals surface area contributed by atoms with Crippen molar-refractivity contribution in [2.24, 2.45) is 0 Å². The van der Waals surface area contributed by atoms with Gasteiger partial charge in [0, 0.05) is 17.8 Å². The Morgan fingerprint density at radius 3 is 2.43 bits per heavy atom. The summed E-state index contributed by atoms with van der Waals surface area (Å²) >= 11 is 1.21. The number of H-pyrrole nitrogens is 1. The number of hydrogen-bond donors (Lipinski definition) is 3. The number of nitrogens with zero attached hydrogens (tertiary/aromatic N) is 3. The van der Waals surface area contributed by atoms with Gasteiger partial charge in [0.05, 0.1) is 16.6 Å². The summed E-state index contributed by atoms with van der Waals surface area (Å²) in [5.41, 5.74) is 5.54. The molecule has 2 amide bonds. The van der Waals surface area contributed by atoms with Crippen molar-refractivity contribution in [2.45, 2.75) is 40.2 Å². The number of carbonyl (C=O) groups excluding carboxylic acids is 2. The molecule has 3 heterocycles. The monoisotopic (exact) mass is 492 g/mol. The first-order valence-electron chi connectivity index (χ1n) is 11.0. The fourth-order valence-corrected chi connectivity index (χ4v) is 4.58. The predicted octanol–water partition coefficient (Wildman–Crippen LogP) is 2.73. The summed E-state index contributed by atoms with van der Waals surface area (Å²) in [7, 11) is 0. The topological polar surface area (TPSA) is 139 Å². The molecule has 0 saturated heterocycles. The smallest absolute Gasteiger partial charge is 0.278 e. The van der Waals surface area contributed by atoms with Crippen LogP contribution in [0.3, 0.4) is 0 Å². The van der Waals surface area contributed by atoms with Gasteiger partial charge < -0.3 is 0 Å². The molecule has 3 N–H and O–H groups in total. The molecular formula is C24H24N6O4S. The van der Waals surface area contributed by atoms with E-state index in [4.69, 9.17) is 0 Å². The van der Waals surface area contributed by atoms with E-state index >= 15 is 0 Å². The molecule has 0 unspecified atom stereocenters. The molecular weight excluding hydrogens is 468 g/mol. The van der Waals surface area contributed by atoms with Crippen molar-refractivity contribution in [3.63, 3.8) is 0 Å². The summed E-state index contributed by atoms with van der Waals surface area (Å²) in [6, 6.07) is 11.0.